The maximum atomic E-state index is 13.3. The van der Waals surface area contributed by atoms with E-state index >= 15 is 0 Å². The van der Waals surface area contributed by atoms with Crippen molar-refractivity contribution in [3.8, 4) is 0 Å². The number of carbonyl (C=O) groups excluding carboxylic acids is 4. The van der Waals surface area contributed by atoms with Gasteiger partial charge in [0.15, 0.2) is 0 Å². The summed E-state index contributed by atoms with van der Waals surface area (Å²) in [6.45, 7) is 3.25. The molecule has 11 heteroatoms. The second-order valence-corrected chi connectivity index (χ2v) is 8.12. The molecule has 5 N–H and O–H groups in total. The number of hydrazine groups is 1. The van der Waals surface area contributed by atoms with Gasteiger partial charge in [-0.2, -0.15) is 0 Å². The van der Waals surface area contributed by atoms with Gasteiger partial charge in [0.05, 0.1) is 12.1 Å². The number of aliphatic hydroxyl groups is 1. The largest absolute Gasteiger partial charge is 0.445 e. The molecule has 0 aromatic heterocycles. The van der Waals surface area contributed by atoms with Crippen LogP contribution in [0.15, 0.2) is 30.3 Å². The number of nitrogens with zero attached hydrogens (tertiary/aromatic N) is 2. The second-order valence-electron chi connectivity index (χ2n) is 8.12. The van der Waals surface area contributed by atoms with Crippen molar-refractivity contribution in [3.05, 3.63) is 35.9 Å². The lowest BCUT2D eigenvalue weighted by Gasteiger charge is -2.56. The number of ether oxygens (including phenoxy) is 1. The normalized spacial score (nSPS) is 24.0. The van der Waals surface area contributed by atoms with E-state index in [9.17, 15) is 24.3 Å². The zero-order valence-corrected chi connectivity index (χ0v) is 18.1. The smallest absolute Gasteiger partial charge is 0.408 e. The Morgan fingerprint density at radius 1 is 1.31 bits per heavy atom. The lowest BCUT2D eigenvalue weighted by atomic mass is 9.77. The van der Waals surface area contributed by atoms with Crippen molar-refractivity contribution >= 4 is 23.8 Å². The summed E-state index contributed by atoms with van der Waals surface area (Å²) in [6, 6.07) is 7.33. The van der Waals surface area contributed by atoms with E-state index in [4.69, 9.17) is 10.6 Å². The summed E-state index contributed by atoms with van der Waals surface area (Å²) in [6.07, 6.45) is -1.04. The molecule has 2 saturated heterocycles. The van der Waals surface area contributed by atoms with Gasteiger partial charge in [-0.25, -0.2) is 10.6 Å². The molecule has 2 heterocycles. The minimum absolute atomic E-state index is 0.00866. The van der Waals surface area contributed by atoms with Gasteiger partial charge in [0.1, 0.15) is 24.7 Å². The zero-order valence-electron chi connectivity index (χ0n) is 18.1. The summed E-state index contributed by atoms with van der Waals surface area (Å²) in [5.41, 5.74) is 1.66. The van der Waals surface area contributed by atoms with Gasteiger partial charge in [-0.05, 0) is 32.3 Å². The average molecular weight is 447 g/mol. The molecule has 1 aromatic carbocycles. The predicted octanol–water partition coefficient (Wildman–Crippen LogP) is -0.756. The number of likely N-dealkylation sites (tertiary alicyclic amines) is 2. The summed E-state index contributed by atoms with van der Waals surface area (Å²) < 4.78 is 5.17. The van der Waals surface area contributed by atoms with Gasteiger partial charge < -0.3 is 25.0 Å². The highest BCUT2D eigenvalue weighted by Crippen LogP contribution is 2.44. The first-order chi connectivity index (χ1) is 15.2. The van der Waals surface area contributed by atoms with E-state index in [1.807, 2.05) is 23.6 Å². The number of hydrogen-bond donors (Lipinski definition) is 4. The number of rotatable bonds is 7. The molecule has 11 nitrogen and oxygen atoms in total. The summed E-state index contributed by atoms with van der Waals surface area (Å²) in [5.74, 6) is 3.67. The van der Waals surface area contributed by atoms with E-state index < -0.39 is 41.6 Å². The number of carbonyl (C=O) groups is 4. The first-order valence-electron chi connectivity index (χ1n) is 10.5. The number of nitrogens with one attached hydrogen (secondary N) is 2. The Morgan fingerprint density at radius 3 is 2.59 bits per heavy atom. The number of aliphatic hydroxyl groups excluding tert-OH is 1. The van der Waals surface area contributed by atoms with Crippen molar-refractivity contribution in [2.24, 2.45) is 5.84 Å². The van der Waals surface area contributed by atoms with Gasteiger partial charge in [-0.1, -0.05) is 30.3 Å². The number of β-lactam (4-membered cyclic amide) rings is 1. The molecular formula is C21H29N5O6. The van der Waals surface area contributed by atoms with Gasteiger partial charge >= 0.3 is 6.09 Å². The Morgan fingerprint density at radius 2 is 2.00 bits per heavy atom. The summed E-state index contributed by atoms with van der Waals surface area (Å²) >= 11 is 0. The standard InChI is InChI=1S/C21H29N5O6/c1-13(27)17(23-20(31)32-12-15-7-4-3-5-8-15)18(29)26-10-6-9-21(26)14(2)25(19(21)30)11-16(28)24-22/h3-5,7-8,13-14,17,27H,6,9-12,22H2,1-2H3,(H,23,31)(H,24,28)/t13-,14?,17+,21?/m1/s1. The average Bonchev–Trinajstić information content (AvgIpc) is 3.26. The monoisotopic (exact) mass is 447 g/mol. The summed E-state index contributed by atoms with van der Waals surface area (Å²) in [4.78, 5) is 52.9. The molecule has 3 rings (SSSR count). The number of alkyl carbamates (subject to hydrolysis) is 1. The third kappa shape index (κ3) is 4.26. The van der Waals surface area contributed by atoms with Crippen LogP contribution in [0, 0.1) is 0 Å². The molecule has 0 saturated carbocycles. The van der Waals surface area contributed by atoms with Crippen molar-refractivity contribution in [1.29, 1.82) is 0 Å². The molecular weight excluding hydrogens is 418 g/mol. The molecule has 174 valence electrons. The van der Waals surface area contributed by atoms with Crippen LogP contribution in [-0.2, 0) is 25.7 Å². The summed E-state index contributed by atoms with van der Waals surface area (Å²) in [7, 11) is 0. The van der Waals surface area contributed by atoms with Crippen LogP contribution in [0.2, 0.25) is 0 Å². The van der Waals surface area contributed by atoms with E-state index in [1.165, 1.54) is 16.7 Å². The minimum Gasteiger partial charge on any atom is -0.445 e. The zero-order chi connectivity index (χ0) is 23.5. The minimum atomic E-state index is -1.28. The topological polar surface area (TPSA) is 154 Å². The lowest BCUT2D eigenvalue weighted by molar-refractivity contribution is -0.179. The third-order valence-electron chi connectivity index (χ3n) is 6.19. The van der Waals surface area contributed by atoms with E-state index in [-0.39, 0.29) is 19.1 Å². The van der Waals surface area contributed by atoms with Crippen LogP contribution in [-0.4, -0.2) is 75.5 Å². The molecule has 2 aliphatic rings. The van der Waals surface area contributed by atoms with Crippen LogP contribution in [0.3, 0.4) is 0 Å². The maximum absolute atomic E-state index is 13.3. The van der Waals surface area contributed by atoms with E-state index in [2.05, 4.69) is 5.32 Å². The predicted molar refractivity (Wildman–Crippen MR) is 112 cm³/mol. The van der Waals surface area contributed by atoms with Crippen molar-refractivity contribution in [2.45, 2.75) is 57.0 Å². The number of benzene rings is 1. The van der Waals surface area contributed by atoms with Gasteiger partial charge in [0.25, 0.3) is 11.8 Å². The SMILES string of the molecule is CC1N(CC(=O)NN)C(=O)C12CCCN2C(=O)[C@@H](NC(=O)OCc1ccccc1)[C@@H](C)O. The Balaban J connectivity index is 1.68. The van der Waals surface area contributed by atoms with Crippen molar-refractivity contribution in [3.63, 3.8) is 0 Å². The Bertz CT molecular complexity index is 879. The van der Waals surface area contributed by atoms with E-state index in [0.29, 0.717) is 19.4 Å². The van der Waals surface area contributed by atoms with Crippen LogP contribution >= 0.6 is 0 Å². The molecule has 0 aliphatic carbocycles. The van der Waals surface area contributed by atoms with Gasteiger partial charge in [-0.3, -0.25) is 19.8 Å². The van der Waals surface area contributed by atoms with Crippen molar-refractivity contribution in [2.75, 3.05) is 13.1 Å². The number of amides is 4. The fourth-order valence-corrected chi connectivity index (χ4v) is 4.46. The molecule has 2 fully saturated rings. The lowest BCUT2D eigenvalue weighted by Crippen LogP contribution is -2.79. The maximum Gasteiger partial charge on any atom is 0.408 e. The van der Waals surface area contributed by atoms with E-state index in [1.54, 1.807) is 19.1 Å². The van der Waals surface area contributed by atoms with Crippen LogP contribution in [0.25, 0.3) is 0 Å². The Kier molecular flexibility index (Phi) is 6.99. The van der Waals surface area contributed by atoms with Crippen LogP contribution < -0.4 is 16.6 Å². The first kappa shape index (κ1) is 23.5. The highest BCUT2D eigenvalue weighted by atomic mass is 16.5. The molecule has 4 amide bonds. The van der Waals surface area contributed by atoms with Crippen molar-refractivity contribution in [1.82, 2.24) is 20.5 Å². The molecule has 1 aromatic rings. The summed E-state index contributed by atoms with van der Waals surface area (Å²) in [5, 5.41) is 12.6. The van der Waals surface area contributed by atoms with Gasteiger partial charge in [-0.15, -0.1) is 0 Å². The first-order valence-corrected chi connectivity index (χ1v) is 10.5. The third-order valence-corrected chi connectivity index (χ3v) is 6.19. The highest BCUT2D eigenvalue weighted by Gasteiger charge is 2.65. The quantitative estimate of drug-likeness (QED) is 0.185. The Labute approximate surface area is 185 Å². The number of hydrogen-bond acceptors (Lipinski definition) is 7. The molecule has 2 aliphatic heterocycles. The van der Waals surface area contributed by atoms with Gasteiger partial charge in [0.2, 0.25) is 5.91 Å². The fraction of sp³-hybridized carbons (Fsp3) is 0.524. The Hall–Kier alpha value is -3.18. The molecule has 1 spiro atoms. The van der Waals surface area contributed by atoms with Crippen LogP contribution in [0.1, 0.15) is 32.3 Å². The fourth-order valence-electron chi connectivity index (χ4n) is 4.46. The molecule has 2 unspecified atom stereocenters. The second kappa shape index (κ2) is 9.53. The highest BCUT2D eigenvalue weighted by molar-refractivity contribution is 6.01. The van der Waals surface area contributed by atoms with Gasteiger partial charge in [0, 0.05) is 6.54 Å². The van der Waals surface area contributed by atoms with Crippen LogP contribution in [0.4, 0.5) is 4.79 Å². The molecule has 0 bridgehead atoms. The van der Waals surface area contributed by atoms with Crippen LogP contribution in [0.5, 0.6) is 0 Å². The molecule has 0 radical (unpaired) electrons. The molecule has 4 atom stereocenters. The van der Waals surface area contributed by atoms with E-state index in [0.717, 1.165) is 5.56 Å². The van der Waals surface area contributed by atoms with Crippen molar-refractivity contribution < 1.29 is 29.0 Å². The molecule has 32 heavy (non-hydrogen) atoms. The number of nitrogens with two attached hydrogens (primary N) is 1.